The molecule has 0 spiro atoms. The number of carbonyl (C=O) groups is 1. The molecule has 0 aromatic carbocycles. The lowest BCUT2D eigenvalue weighted by Gasteiger charge is -2.31. The third kappa shape index (κ3) is 2.71. The van der Waals surface area contributed by atoms with Gasteiger partial charge >= 0.3 is 0 Å². The highest BCUT2D eigenvalue weighted by Gasteiger charge is 2.27. The Morgan fingerprint density at radius 1 is 1.62 bits per heavy atom. The van der Waals surface area contributed by atoms with Crippen molar-refractivity contribution in [1.82, 2.24) is 10.3 Å². The molecule has 0 atom stereocenters. The summed E-state index contributed by atoms with van der Waals surface area (Å²) in [4.78, 5) is 15.6. The Bertz CT molecular complexity index is 391. The number of amides is 1. The molecule has 86 valence electrons. The van der Waals surface area contributed by atoms with Gasteiger partial charge in [-0.1, -0.05) is 11.6 Å². The van der Waals surface area contributed by atoms with Crippen LogP contribution < -0.4 is 5.32 Å². The largest absolute Gasteiger partial charge is 0.393 e. The number of nitrogens with one attached hydrogen (secondary N) is 1. The molecule has 1 saturated carbocycles. The molecule has 1 aromatic rings. The molecule has 1 fully saturated rings. The molecule has 16 heavy (non-hydrogen) atoms. The quantitative estimate of drug-likeness (QED) is 0.836. The predicted molar refractivity (Wildman–Crippen MR) is 60.3 cm³/mol. The number of hydrogen-bond acceptors (Lipinski definition) is 3. The third-order valence-electron chi connectivity index (χ3n) is 2.72. The van der Waals surface area contributed by atoms with E-state index in [4.69, 9.17) is 16.7 Å². The Morgan fingerprint density at radius 3 is 3.00 bits per heavy atom. The second-order valence-corrected chi connectivity index (χ2v) is 4.50. The van der Waals surface area contributed by atoms with Gasteiger partial charge < -0.3 is 10.4 Å². The minimum absolute atomic E-state index is 0.189. The monoisotopic (exact) mass is 240 g/mol. The highest BCUT2D eigenvalue weighted by atomic mass is 35.5. The van der Waals surface area contributed by atoms with E-state index in [-0.39, 0.29) is 12.0 Å². The van der Waals surface area contributed by atoms with Crippen molar-refractivity contribution in [2.45, 2.75) is 18.9 Å². The van der Waals surface area contributed by atoms with Gasteiger partial charge in [-0.3, -0.25) is 9.78 Å². The van der Waals surface area contributed by atoms with Crippen LogP contribution in [0, 0.1) is 5.92 Å². The number of carbonyl (C=O) groups excluding carboxylic acids is 1. The maximum Gasteiger partial charge on any atom is 0.269 e. The molecule has 2 N–H and O–H groups in total. The second kappa shape index (κ2) is 4.80. The average Bonchev–Trinajstić information content (AvgIpc) is 2.22. The summed E-state index contributed by atoms with van der Waals surface area (Å²) in [6, 6.07) is 3.16. The fraction of sp³-hybridized carbons (Fsp3) is 0.455. The van der Waals surface area contributed by atoms with Crippen LogP contribution in [-0.4, -0.2) is 28.6 Å². The first kappa shape index (κ1) is 11.4. The molecule has 1 amide bonds. The van der Waals surface area contributed by atoms with Crippen molar-refractivity contribution in [2.24, 2.45) is 5.92 Å². The lowest BCUT2D eigenvalue weighted by molar-refractivity contribution is 0.0420. The summed E-state index contributed by atoms with van der Waals surface area (Å²) in [5.41, 5.74) is 0.326. The van der Waals surface area contributed by atoms with Crippen molar-refractivity contribution in [3.05, 3.63) is 29.0 Å². The van der Waals surface area contributed by atoms with Gasteiger partial charge in [0, 0.05) is 17.8 Å². The second-order valence-electron chi connectivity index (χ2n) is 4.06. The van der Waals surface area contributed by atoms with E-state index in [1.165, 1.54) is 12.3 Å². The van der Waals surface area contributed by atoms with E-state index in [2.05, 4.69) is 10.3 Å². The molecule has 1 aliphatic carbocycles. The zero-order valence-electron chi connectivity index (χ0n) is 8.69. The van der Waals surface area contributed by atoms with Crippen molar-refractivity contribution in [2.75, 3.05) is 6.54 Å². The third-order valence-corrected chi connectivity index (χ3v) is 2.95. The van der Waals surface area contributed by atoms with E-state index in [1.807, 2.05) is 0 Å². The summed E-state index contributed by atoms with van der Waals surface area (Å²) in [5, 5.41) is 12.4. The molecular weight excluding hydrogens is 228 g/mol. The van der Waals surface area contributed by atoms with Crippen LogP contribution in [0.1, 0.15) is 23.3 Å². The number of aliphatic hydroxyl groups excluding tert-OH is 1. The molecule has 1 aromatic heterocycles. The summed E-state index contributed by atoms with van der Waals surface area (Å²) < 4.78 is 0. The summed E-state index contributed by atoms with van der Waals surface area (Å²) in [5.74, 6) is 0.169. The number of aliphatic hydroxyl groups is 1. The Labute approximate surface area is 98.6 Å². The van der Waals surface area contributed by atoms with Crippen molar-refractivity contribution in [3.8, 4) is 0 Å². The Morgan fingerprint density at radius 2 is 2.38 bits per heavy atom. The first-order valence-corrected chi connectivity index (χ1v) is 5.61. The molecule has 1 heterocycles. The molecular formula is C11H13ClN2O2. The molecule has 0 radical (unpaired) electrons. The van der Waals surface area contributed by atoms with Gasteiger partial charge in [0.1, 0.15) is 5.69 Å². The summed E-state index contributed by atoms with van der Waals surface area (Å²) >= 11 is 5.76. The maximum atomic E-state index is 11.6. The summed E-state index contributed by atoms with van der Waals surface area (Å²) in [6.07, 6.45) is 2.85. The van der Waals surface area contributed by atoms with Gasteiger partial charge in [0.05, 0.1) is 6.10 Å². The molecule has 0 aliphatic heterocycles. The van der Waals surface area contributed by atoms with Crippen molar-refractivity contribution in [3.63, 3.8) is 0 Å². The summed E-state index contributed by atoms with van der Waals surface area (Å²) in [6.45, 7) is 0.587. The fourth-order valence-electron chi connectivity index (χ4n) is 1.72. The zero-order chi connectivity index (χ0) is 11.5. The van der Waals surface area contributed by atoms with E-state index in [1.54, 1.807) is 6.07 Å². The minimum atomic E-state index is -0.219. The van der Waals surface area contributed by atoms with Crippen molar-refractivity contribution < 1.29 is 9.90 Å². The van der Waals surface area contributed by atoms with Crippen LogP contribution in [0.15, 0.2) is 18.3 Å². The smallest absolute Gasteiger partial charge is 0.269 e. The highest BCUT2D eigenvalue weighted by Crippen LogP contribution is 2.26. The molecule has 1 aliphatic rings. The lowest BCUT2D eigenvalue weighted by atomic mass is 9.82. The van der Waals surface area contributed by atoms with Gasteiger partial charge in [-0.05, 0) is 30.9 Å². The predicted octanol–water partition coefficient (Wildman–Crippen LogP) is 1.24. The number of halogens is 1. The van der Waals surface area contributed by atoms with E-state index >= 15 is 0 Å². The fourth-order valence-corrected chi connectivity index (χ4v) is 1.88. The number of aromatic nitrogens is 1. The van der Waals surface area contributed by atoms with Crippen LogP contribution in [0.4, 0.5) is 0 Å². The Balaban J connectivity index is 1.84. The van der Waals surface area contributed by atoms with Crippen LogP contribution in [0.25, 0.3) is 0 Å². The molecule has 0 unspecified atom stereocenters. The standard InChI is InChI=1S/C11H13ClN2O2/c12-8-1-2-13-10(5-8)11(16)14-6-7-3-9(15)4-7/h1-2,5,7,9,15H,3-4,6H2,(H,14,16). The SMILES string of the molecule is O=C(NCC1CC(O)C1)c1cc(Cl)ccn1. The molecule has 0 saturated heterocycles. The van der Waals surface area contributed by atoms with Crippen molar-refractivity contribution in [1.29, 1.82) is 0 Å². The van der Waals surface area contributed by atoms with Gasteiger partial charge in [0.25, 0.3) is 5.91 Å². The van der Waals surface area contributed by atoms with Crippen LogP contribution in [-0.2, 0) is 0 Å². The van der Waals surface area contributed by atoms with Gasteiger partial charge in [0.15, 0.2) is 0 Å². The number of hydrogen-bond donors (Lipinski definition) is 2. The van der Waals surface area contributed by atoms with Gasteiger partial charge in [0.2, 0.25) is 0 Å². The highest BCUT2D eigenvalue weighted by molar-refractivity contribution is 6.30. The van der Waals surface area contributed by atoms with Gasteiger partial charge in [-0.2, -0.15) is 0 Å². The lowest BCUT2D eigenvalue weighted by Crippen LogP contribution is -2.38. The van der Waals surface area contributed by atoms with E-state index < -0.39 is 0 Å². The van der Waals surface area contributed by atoms with Gasteiger partial charge in [-0.15, -0.1) is 0 Å². The molecule has 2 rings (SSSR count). The zero-order valence-corrected chi connectivity index (χ0v) is 9.44. The van der Waals surface area contributed by atoms with Crippen LogP contribution in [0.3, 0.4) is 0 Å². The normalized spacial score (nSPS) is 23.6. The first-order valence-electron chi connectivity index (χ1n) is 5.23. The van der Waals surface area contributed by atoms with E-state index in [0.29, 0.717) is 23.2 Å². The first-order chi connectivity index (χ1) is 7.65. The Hall–Kier alpha value is -1.13. The number of rotatable bonds is 3. The molecule has 4 nitrogen and oxygen atoms in total. The summed E-state index contributed by atoms with van der Waals surface area (Å²) in [7, 11) is 0. The van der Waals surface area contributed by atoms with Gasteiger partial charge in [-0.25, -0.2) is 0 Å². The van der Waals surface area contributed by atoms with E-state index in [0.717, 1.165) is 12.8 Å². The van der Waals surface area contributed by atoms with Crippen molar-refractivity contribution >= 4 is 17.5 Å². The minimum Gasteiger partial charge on any atom is -0.393 e. The average molecular weight is 241 g/mol. The van der Waals surface area contributed by atoms with Crippen LogP contribution in [0.5, 0.6) is 0 Å². The number of nitrogens with zero attached hydrogens (tertiary/aromatic N) is 1. The molecule has 0 bridgehead atoms. The van der Waals surface area contributed by atoms with Crippen LogP contribution >= 0.6 is 11.6 Å². The topological polar surface area (TPSA) is 62.2 Å². The van der Waals surface area contributed by atoms with E-state index in [9.17, 15) is 4.79 Å². The van der Waals surface area contributed by atoms with Crippen LogP contribution in [0.2, 0.25) is 5.02 Å². The molecule has 5 heteroatoms. The maximum absolute atomic E-state index is 11.6. The Kier molecular flexibility index (Phi) is 3.41. The number of pyridine rings is 1.